The highest BCUT2D eigenvalue weighted by molar-refractivity contribution is 9.10. The highest BCUT2D eigenvalue weighted by atomic mass is 79.9. The Kier molecular flexibility index (Phi) is 2.88. The second-order valence-electron chi connectivity index (χ2n) is 4.10. The molecule has 0 aliphatic carbocycles. The number of nitrogens with one attached hydrogen (secondary N) is 1. The minimum absolute atomic E-state index is 0.540. The van der Waals surface area contributed by atoms with Crippen molar-refractivity contribution in [3.63, 3.8) is 0 Å². The van der Waals surface area contributed by atoms with E-state index in [1.165, 1.54) is 12.1 Å². The number of rotatable bonds is 1. The summed E-state index contributed by atoms with van der Waals surface area (Å²) in [7, 11) is 0. The first kappa shape index (κ1) is 10.1. The average molecular weight is 255 g/mol. The number of hydrogen-bond donors (Lipinski definition) is 1. The first-order valence-corrected chi connectivity index (χ1v) is 5.83. The summed E-state index contributed by atoms with van der Waals surface area (Å²) in [5, 5.41) is 3.53. The van der Waals surface area contributed by atoms with E-state index in [1.807, 2.05) is 6.20 Å². The molecule has 0 radical (unpaired) electrons. The van der Waals surface area contributed by atoms with Crippen molar-refractivity contribution in [3.8, 4) is 0 Å². The second kappa shape index (κ2) is 3.99. The lowest BCUT2D eigenvalue weighted by Gasteiger charge is -2.13. The Morgan fingerprint density at radius 1 is 1.43 bits per heavy atom. The van der Waals surface area contributed by atoms with Gasteiger partial charge in [0.05, 0.1) is 0 Å². The van der Waals surface area contributed by atoms with Crippen LogP contribution in [-0.4, -0.2) is 17.1 Å². The topological polar surface area (TPSA) is 24.9 Å². The van der Waals surface area contributed by atoms with Crippen molar-refractivity contribution in [2.24, 2.45) is 0 Å². The van der Waals surface area contributed by atoms with Gasteiger partial charge in [0.2, 0.25) is 0 Å². The molecule has 3 atom stereocenters. The fourth-order valence-electron chi connectivity index (χ4n) is 2.20. The zero-order valence-corrected chi connectivity index (χ0v) is 10.1. The van der Waals surface area contributed by atoms with Crippen LogP contribution in [-0.2, 0) is 0 Å². The zero-order valence-electron chi connectivity index (χ0n) is 8.50. The number of halogens is 1. The van der Waals surface area contributed by atoms with Crippen LogP contribution in [0.25, 0.3) is 0 Å². The van der Waals surface area contributed by atoms with E-state index in [9.17, 15) is 0 Å². The third kappa shape index (κ3) is 1.98. The lowest BCUT2D eigenvalue weighted by molar-refractivity contribution is 0.568. The van der Waals surface area contributed by atoms with Crippen LogP contribution in [0.5, 0.6) is 0 Å². The zero-order chi connectivity index (χ0) is 10.1. The number of hydrogen-bond acceptors (Lipinski definition) is 2. The fourth-order valence-corrected chi connectivity index (χ4v) is 2.44. The maximum atomic E-state index is 4.46. The maximum absolute atomic E-state index is 4.46. The van der Waals surface area contributed by atoms with Gasteiger partial charge < -0.3 is 5.32 Å². The fraction of sp³-hybridized carbons (Fsp3) is 0.545. The lowest BCUT2D eigenvalue weighted by atomic mass is 9.96. The van der Waals surface area contributed by atoms with Crippen LogP contribution in [0.4, 0.5) is 0 Å². The number of aromatic nitrogens is 1. The molecule has 76 valence electrons. The van der Waals surface area contributed by atoms with Gasteiger partial charge in [0.25, 0.3) is 0 Å². The van der Waals surface area contributed by atoms with Crippen molar-refractivity contribution in [2.45, 2.75) is 38.3 Å². The molecule has 3 unspecified atom stereocenters. The Balaban J connectivity index is 2.19. The quantitative estimate of drug-likeness (QED) is 0.834. The summed E-state index contributed by atoms with van der Waals surface area (Å²) in [5.74, 6) is 0.568. The molecule has 1 fully saturated rings. The largest absolute Gasteiger partial charge is 0.311 e. The standard InChI is InChI=1S/C11H15BrN2/c1-7-5-10(8(2)14-7)11-4-3-9(12)6-13-11/h3-4,6-8,10,14H,5H2,1-2H3. The highest BCUT2D eigenvalue weighted by Gasteiger charge is 2.29. The summed E-state index contributed by atoms with van der Waals surface area (Å²) in [6.45, 7) is 4.47. The van der Waals surface area contributed by atoms with Crippen LogP contribution in [0.15, 0.2) is 22.8 Å². The Hall–Kier alpha value is -0.410. The first-order valence-electron chi connectivity index (χ1n) is 5.04. The smallest absolute Gasteiger partial charge is 0.0451 e. The molecule has 3 heteroatoms. The summed E-state index contributed by atoms with van der Waals surface area (Å²) in [6.07, 6.45) is 3.07. The van der Waals surface area contributed by atoms with Crippen LogP contribution in [0.1, 0.15) is 31.9 Å². The van der Waals surface area contributed by atoms with Crippen molar-refractivity contribution in [1.82, 2.24) is 10.3 Å². The lowest BCUT2D eigenvalue weighted by Crippen LogP contribution is -2.26. The van der Waals surface area contributed by atoms with E-state index in [0.717, 1.165) is 4.47 Å². The van der Waals surface area contributed by atoms with E-state index in [1.54, 1.807) is 0 Å². The predicted molar refractivity (Wildman–Crippen MR) is 61.4 cm³/mol. The van der Waals surface area contributed by atoms with E-state index in [2.05, 4.69) is 52.2 Å². The summed E-state index contributed by atoms with van der Waals surface area (Å²) >= 11 is 3.40. The van der Waals surface area contributed by atoms with Gasteiger partial charge in [-0.15, -0.1) is 0 Å². The predicted octanol–water partition coefficient (Wildman–Crippen LogP) is 2.70. The van der Waals surface area contributed by atoms with Gasteiger partial charge in [-0.1, -0.05) is 0 Å². The van der Waals surface area contributed by atoms with Crippen LogP contribution in [0.3, 0.4) is 0 Å². The van der Waals surface area contributed by atoms with Crippen LogP contribution in [0, 0.1) is 0 Å². The van der Waals surface area contributed by atoms with Crippen molar-refractivity contribution in [2.75, 3.05) is 0 Å². The van der Waals surface area contributed by atoms with Gasteiger partial charge >= 0.3 is 0 Å². The van der Waals surface area contributed by atoms with Gasteiger partial charge in [0.1, 0.15) is 0 Å². The van der Waals surface area contributed by atoms with Gasteiger partial charge in [-0.3, -0.25) is 4.98 Å². The average Bonchev–Trinajstić information content (AvgIpc) is 2.47. The molecule has 1 aliphatic rings. The molecule has 0 aromatic carbocycles. The molecule has 1 N–H and O–H groups in total. The maximum Gasteiger partial charge on any atom is 0.0451 e. The van der Waals surface area contributed by atoms with Crippen molar-refractivity contribution in [3.05, 3.63) is 28.5 Å². The van der Waals surface area contributed by atoms with Gasteiger partial charge in [0.15, 0.2) is 0 Å². The molecule has 1 aromatic rings. The minimum atomic E-state index is 0.540. The Bertz CT molecular complexity index is 310. The first-order chi connectivity index (χ1) is 6.66. The molecule has 14 heavy (non-hydrogen) atoms. The molecular weight excluding hydrogens is 240 g/mol. The normalized spacial score (nSPS) is 32.1. The Morgan fingerprint density at radius 2 is 2.21 bits per heavy atom. The molecule has 2 heterocycles. The van der Waals surface area contributed by atoms with Crippen LogP contribution in [0.2, 0.25) is 0 Å². The van der Waals surface area contributed by atoms with Gasteiger partial charge in [-0.25, -0.2) is 0 Å². The molecule has 1 aromatic heterocycles. The van der Waals surface area contributed by atoms with E-state index in [0.29, 0.717) is 18.0 Å². The van der Waals surface area contributed by atoms with E-state index < -0.39 is 0 Å². The third-order valence-corrected chi connectivity index (χ3v) is 3.36. The highest BCUT2D eigenvalue weighted by Crippen LogP contribution is 2.29. The summed E-state index contributed by atoms with van der Waals surface area (Å²) in [5.41, 5.74) is 1.21. The molecule has 2 rings (SSSR count). The summed E-state index contributed by atoms with van der Waals surface area (Å²) < 4.78 is 1.05. The Labute approximate surface area is 93.3 Å². The number of nitrogens with zero attached hydrogens (tertiary/aromatic N) is 1. The molecule has 0 bridgehead atoms. The van der Waals surface area contributed by atoms with E-state index in [-0.39, 0.29) is 0 Å². The van der Waals surface area contributed by atoms with Crippen molar-refractivity contribution < 1.29 is 0 Å². The SMILES string of the molecule is CC1CC(c2ccc(Br)cn2)C(C)N1. The van der Waals surface area contributed by atoms with Crippen molar-refractivity contribution in [1.29, 1.82) is 0 Å². The summed E-state index contributed by atoms with van der Waals surface area (Å²) in [6, 6.07) is 5.34. The molecular formula is C11H15BrN2. The summed E-state index contributed by atoms with van der Waals surface area (Å²) in [4.78, 5) is 4.46. The van der Waals surface area contributed by atoms with E-state index in [4.69, 9.17) is 0 Å². The molecule has 2 nitrogen and oxygen atoms in total. The van der Waals surface area contributed by atoms with Gasteiger partial charge in [0, 0.05) is 34.4 Å². The molecule has 0 spiro atoms. The Morgan fingerprint density at radius 3 is 2.71 bits per heavy atom. The molecule has 0 amide bonds. The minimum Gasteiger partial charge on any atom is -0.311 e. The monoisotopic (exact) mass is 254 g/mol. The third-order valence-electron chi connectivity index (χ3n) is 2.89. The molecule has 1 aliphatic heterocycles. The van der Waals surface area contributed by atoms with Crippen molar-refractivity contribution >= 4 is 15.9 Å². The molecule has 1 saturated heterocycles. The van der Waals surface area contributed by atoms with Gasteiger partial charge in [-0.2, -0.15) is 0 Å². The van der Waals surface area contributed by atoms with Gasteiger partial charge in [-0.05, 0) is 48.3 Å². The number of pyridine rings is 1. The van der Waals surface area contributed by atoms with E-state index >= 15 is 0 Å². The van der Waals surface area contributed by atoms with Crippen LogP contribution >= 0.6 is 15.9 Å². The molecule has 0 saturated carbocycles. The van der Waals surface area contributed by atoms with Crippen LogP contribution < -0.4 is 5.32 Å². The second-order valence-corrected chi connectivity index (χ2v) is 5.02.